The maximum atomic E-state index is 8.75. The summed E-state index contributed by atoms with van der Waals surface area (Å²) in [5.74, 6) is 0. The van der Waals surface area contributed by atoms with E-state index in [1.807, 2.05) is 0 Å². The van der Waals surface area contributed by atoms with E-state index in [9.17, 15) is 0 Å². The van der Waals surface area contributed by atoms with Crippen LogP contribution in [0.3, 0.4) is 0 Å². The first kappa shape index (κ1) is 10.9. The van der Waals surface area contributed by atoms with Gasteiger partial charge in [-0.05, 0) is 26.9 Å². The fourth-order valence-corrected chi connectivity index (χ4v) is 0.873. The Kier molecular flexibility index (Phi) is 6.51. The van der Waals surface area contributed by atoms with Crippen molar-refractivity contribution >= 4 is 0 Å². The second kappa shape index (κ2) is 6.58. The molecular formula is C8H19NO2. The Morgan fingerprint density at radius 3 is 2.55 bits per heavy atom. The van der Waals surface area contributed by atoms with Gasteiger partial charge >= 0.3 is 0 Å². The standard InChI is InChI=1S/C8H19NO2/c1-4-5-9(3)6-7-11-8(2)10/h8,10H,4-7H2,1-3H3. The van der Waals surface area contributed by atoms with E-state index in [-0.39, 0.29) is 0 Å². The van der Waals surface area contributed by atoms with Crippen molar-refractivity contribution in [2.75, 3.05) is 26.7 Å². The molecule has 3 heteroatoms. The molecule has 0 aromatic carbocycles. The molecule has 0 radical (unpaired) electrons. The van der Waals surface area contributed by atoms with Gasteiger partial charge in [0.2, 0.25) is 0 Å². The van der Waals surface area contributed by atoms with Gasteiger partial charge in [-0.15, -0.1) is 0 Å². The highest BCUT2D eigenvalue weighted by molar-refractivity contribution is 4.47. The molecule has 68 valence electrons. The van der Waals surface area contributed by atoms with Crippen molar-refractivity contribution in [2.24, 2.45) is 0 Å². The maximum Gasteiger partial charge on any atom is 0.151 e. The number of likely N-dealkylation sites (N-methyl/N-ethyl adjacent to an activating group) is 1. The summed E-state index contributed by atoms with van der Waals surface area (Å²) in [6, 6.07) is 0. The van der Waals surface area contributed by atoms with Crippen LogP contribution in [0.2, 0.25) is 0 Å². The fraction of sp³-hybridized carbons (Fsp3) is 1.00. The largest absolute Gasteiger partial charge is 0.368 e. The third-order valence-electron chi connectivity index (χ3n) is 1.44. The van der Waals surface area contributed by atoms with Crippen molar-refractivity contribution in [2.45, 2.75) is 26.6 Å². The smallest absolute Gasteiger partial charge is 0.151 e. The van der Waals surface area contributed by atoms with Crippen molar-refractivity contribution < 1.29 is 9.84 Å². The third-order valence-corrected chi connectivity index (χ3v) is 1.44. The molecular weight excluding hydrogens is 142 g/mol. The average Bonchev–Trinajstić information content (AvgIpc) is 1.87. The minimum Gasteiger partial charge on any atom is -0.368 e. The molecule has 3 nitrogen and oxygen atoms in total. The molecule has 0 aliphatic heterocycles. The molecule has 0 heterocycles. The van der Waals surface area contributed by atoms with Crippen LogP contribution in [-0.4, -0.2) is 43.0 Å². The van der Waals surface area contributed by atoms with Crippen LogP contribution in [0.15, 0.2) is 0 Å². The molecule has 1 unspecified atom stereocenters. The number of rotatable bonds is 6. The second-order valence-electron chi connectivity index (χ2n) is 2.77. The van der Waals surface area contributed by atoms with E-state index in [4.69, 9.17) is 9.84 Å². The third kappa shape index (κ3) is 7.78. The van der Waals surface area contributed by atoms with E-state index in [1.165, 1.54) is 0 Å². The van der Waals surface area contributed by atoms with E-state index in [1.54, 1.807) is 6.92 Å². The Balaban J connectivity index is 3.10. The Hall–Kier alpha value is -0.120. The Morgan fingerprint density at radius 2 is 2.09 bits per heavy atom. The second-order valence-corrected chi connectivity index (χ2v) is 2.77. The predicted molar refractivity (Wildman–Crippen MR) is 45.4 cm³/mol. The average molecular weight is 161 g/mol. The summed E-state index contributed by atoms with van der Waals surface area (Å²) in [5, 5.41) is 8.75. The van der Waals surface area contributed by atoms with Gasteiger partial charge in [0.05, 0.1) is 6.61 Å². The zero-order chi connectivity index (χ0) is 8.69. The summed E-state index contributed by atoms with van der Waals surface area (Å²) in [4.78, 5) is 2.18. The SMILES string of the molecule is CCCN(C)CCOC(C)O. The molecule has 11 heavy (non-hydrogen) atoms. The van der Waals surface area contributed by atoms with Crippen LogP contribution in [-0.2, 0) is 4.74 Å². The molecule has 1 N–H and O–H groups in total. The highest BCUT2D eigenvalue weighted by Crippen LogP contribution is 1.88. The van der Waals surface area contributed by atoms with Gasteiger partial charge in [-0.25, -0.2) is 0 Å². The van der Waals surface area contributed by atoms with Gasteiger partial charge in [0.1, 0.15) is 0 Å². The van der Waals surface area contributed by atoms with Crippen LogP contribution in [0.1, 0.15) is 20.3 Å². The molecule has 0 amide bonds. The van der Waals surface area contributed by atoms with Gasteiger partial charge < -0.3 is 14.7 Å². The number of nitrogens with zero attached hydrogens (tertiary/aromatic N) is 1. The van der Waals surface area contributed by atoms with Crippen molar-refractivity contribution in [3.63, 3.8) is 0 Å². The summed E-state index contributed by atoms with van der Waals surface area (Å²) in [6.45, 7) is 6.35. The number of aliphatic hydroxyl groups is 1. The molecule has 0 bridgehead atoms. The van der Waals surface area contributed by atoms with Crippen LogP contribution in [0.5, 0.6) is 0 Å². The molecule has 0 saturated heterocycles. The van der Waals surface area contributed by atoms with Crippen molar-refractivity contribution in [3.8, 4) is 0 Å². The number of aliphatic hydroxyl groups excluding tert-OH is 1. The van der Waals surface area contributed by atoms with E-state index in [0.717, 1.165) is 19.5 Å². The van der Waals surface area contributed by atoms with Crippen LogP contribution < -0.4 is 0 Å². The van der Waals surface area contributed by atoms with E-state index in [0.29, 0.717) is 6.61 Å². The quantitative estimate of drug-likeness (QED) is 0.582. The van der Waals surface area contributed by atoms with Gasteiger partial charge in [-0.1, -0.05) is 6.92 Å². The topological polar surface area (TPSA) is 32.7 Å². The van der Waals surface area contributed by atoms with Crippen molar-refractivity contribution in [1.29, 1.82) is 0 Å². The molecule has 0 rings (SSSR count). The van der Waals surface area contributed by atoms with E-state index >= 15 is 0 Å². The summed E-state index contributed by atoms with van der Waals surface area (Å²) in [6.07, 6.45) is 0.524. The van der Waals surface area contributed by atoms with Crippen molar-refractivity contribution in [3.05, 3.63) is 0 Å². The molecule has 0 aromatic rings. The Labute approximate surface area is 69.0 Å². The summed E-state index contributed by atoms with van der Waals surface area (Å²) in [7, 11) is 2.05. The highest BCUT2D eigenvalue weighted by Gasteiger charge is 1.97. The predicted octanol–water partition coefficient (Wildman–Crippen LogP) is 0.683. The highest BCUT2D eigenvalue weighted by atomic mass is 16.6. The first-order valence-electron chi connectivity index (χ1n) is 4.15. The first-order valence-corrected chi connectivity index (χ1v) is 4.15. The van der Waals surface area contributed by atoms with E-state index in [2.05, 4.69) is 18.9 Å². The van der Waals surface area contributed by atoms with Crippen LogP contribution in [0.25, 0.3) is 0 Å². The van der Waals surface area contributed by atoms with E-state index < -0.39 is 6.29 Å². The number of ether oxygens (including phenoxy) is 1. The Morgan fingerprint density at radius 1 is 1.45 bits per heavy atom. The summed E-state index contributed by atoms with van der Waals surface area (Å²) >= 11 is 0. The zero-order valence-electron chi connectivity index (χ0n) is 7.71. The molecule has 0 aromatic heterocycles. The van der Waals surface area contributed by atoms with Gasteiger partial charge in [0, 0.05) is 6.54 Å². The lowest BCUT2D eigenvalue weighted by Gasteiger charge is -2.15. The minimum absolute atomic E-state index is 0.605. The normalized spacial score (nSPS) is 13.9. The van der Waals surface area contributed by atoms with Gasteiger partial charge in [-0.3, -0.25) is 0 Å². The van der Waals surface area contributed by atoms with Crippen LogP contribution in [0.4, 0.5) is 0 Å². The lowest BCUT2D eigenvalue weighted by atomic mass is 10.4. The van der Waals surface area contributed by atoms with Gasteiger partial charge in [0.15, 0.2) is 6.29 Å². The summed E-state index contributed by atoms with van der Waals surface area (Å²) < 4.78 is 4.97. The van der Waals surface area contributed by atoms with Gasteiger partial charge in [0.25, 0.3) is 0 Å². The summed E-state index contributed by atoms with van der Waals surface area (Å²) in [5.41, 5.74) is 0. The maximum absolute atomic E-state index is 8.75. The fourth-order valence-electron chi connectivity index (χ4n) is 0.873. The lowest BCUT2D eigenvalue weighted by Crippen LogP contribution is -2.25. The lowest BCUT2D eigenvalue weighted by molar-refractivity contribution is -0.0883. The first-order chi connectivity index (χ1) is 5.16. The zero-order valence-corrected chi connectivity index (χ0v) is 7.71. The van der Waals surface area contributed by atoms with Crippen LogP contribution in [0, 0.1) is 0 Å². The number of hydrogen-bond acceptors (Lipinski definition) is 3. The minimum atomic E-state index is -0.634. The molecule has 0 aliphatic carbocycles. The molecule has 0 saturated carbocycles. The monoisotopic (exact) mass is 161 g/mol. The molecule has 0 spiro atoms. The van der Waals surface area contributed by atoms with Crippen molar-refractivity contribution in [1.82, 2.24) is 4.90 Å². The van der Waals surface area contributed by atoms with Crippen LogP contribution >= 0.6 is 0 Å². The number of hydrogen-bond donors (Lipinski definition) is 1. The molecule has 0 fully saturated rings. The van der Waals surface area contributed by atoms with Gasteiger partial charge in [-0.2, -0.15) is 0 Å². The molecule has 1 atom stereocenters. The Bertz CT molecular complexity index is 86.2. The molecule has 0 aliphatic rings.